The summed E-state index contributed by atoms with van der Waals surface area (Å²) in [4.78, 5) is 11.5. The molecule has 3 aromatic rings. The molecule has 2 aromatic carbocycles. The minimum atomic E-state index is -3.68. The van der Waals surface area contributed by atoms with Crippen LogP contribution in [0.1, 0.15) is 36.2 Å². The van der Waals surface area contributed by atoms with Crippen LogP contribution in [0.2, 0.25) is 0 Å². The van der Waals surface area contributed by atoms with Gasteiger partial charge in [0.2, 0.25) is 5.95 Å². The average Bonchev–Trinajstić information content (AvgIpc) is 2.72. The molecule has 0 spiro atoms. The minimum absolute atomic E-state index is 0.292. The molecule has 2 N–H and O–H groups in total. The molecule has 0 fully saturated rings. The van der Waals surface area contributed by atoms with Crippen molar-refractivity contribution >= 4 is 33.2 Å². The maximum atomic E-state index is 12.9. The molecule has 8 heteroatoms. The molecule has 0 aliphatic carbocycles. The van der Waals surface area contributed by atoms with Crippen molar-refractivity contribution in [1.29, 1.82) is 0 Å². The Labute approximate surface area is 191 Å². The monoisotopic (exact) mass is 453 g/mol. The largest absolute Gasteiger partial charge is 0.357 e. The summed E-state index contributed by atoms with van der Waals surface area (Å²) in [6.07, 6.45) is 0. The molecule has 0 aliphatic rings. The Morgan fingerprint density at radius 3 is 2.03 bits per heavy atom. The highest BCUT2D eigenvalue weighted by Crippen LogP contribution is 2.24. The van der Waals surface area contributed by atoms with Gasteiger partial charge in [-0.3, -0.25) is 4.72 Å². The lowest BCUT2D eigenvalue weighted by Gasteiger charge is -2.20. The number of nitrogens with one attached hydrogen (secondary N) is 2. The van der Waals surface area contributed by atoms with Gasteiger partial charge in [-0.25, -0.2) is 13.4 Å². The number of hydrogen-bond acceptors (Lipinski definition) is 6. The number of anilines is 4. The van der Waals surface area contributed by atoms with Crippen molar-refractivity contribution in [2.24, 2.45) is 0 Å². The van der Waals surface area contributed by atoms with Crippen LogP contribution in [-0.2, 0) is 10.0 Å². The molecule has 0 saturated carbocycles. The van der Waals surface area contributed by atoms with Crippen LogP contribution in [-0.4, -0.2) is 31.5 Å². The molecule has 1 heterocycles. The Kier molecular flexibility index (Phi) is 7.03. The van der Waals surface area contributed by atoms with Crippen LogP contribution in [0.4, 0.5) is 23.1 Å². The van der Waals surface area contributed by atoms with Crippen LogP contribution in [0, 0.1) is 27.7 Å². The van der Waals surface area contributed by atoms with Gasteiger partial charge in [0, 0.05) is 36.2 Å². The van der Waals surface area contributed by atoms with Gasteiger partial charge in [0.25, 0.3) is 10.0 Å². The van der Waals surface area contributed by atoms with Gasteiger partial charge >= 0.3 is 0 Å². The molecule has 3 rings (SSSR count). The molecule has 170 valence electrons. The van der Waals surface area contributed by atoms with E-state index in [1.54, 1.807) is 30.3 Å². The summed E-state index contributed by atoms with van der Waals surface area (Å²) in [5, 5.41) is 3.21. The SMILES string of the molecule is CCN(CC)c1cc(C)nc(Nc2ccc(NS(=O)(=O)c3cc(C)c(C)cc3C)cc2)n1. The van der Waals surface area contributed by atoms with Crippen molar-refractivity contribution in [3.8, 4) is 0 Å². The molecule has 32 heavy (non-hydrogen) atoms. The summed E-state index contributed by atoms with van der Waals surface area (Å²) in [6, 6.07) is 12.6. The highest BCUT2D eigenvalue weighted by Gasteiger charge is 2.18. The third kappa shape index (κ3) is 5.37. The summed E-state index contributed by atoms with van der Waals surface area (Å²) >= 11 is 0. The van der Waals surface area contributed by atoms with Crippen molar-refractivity contribution in [3.63, 3.8) is 0 Å². The van der Waals surface area contributed by atoms with E-state index in [0.717, 1.165) is 47.0 Å². The van der Waals surface area contributed by atoms with Gasteiger partial charge < -0.3 is 10.2 Å². The summed E-state index contributed by atoms with van der Waals surface area (Å²) < 4.78 is 28.5. The van der Waals surface area contributed by atoms with Gasteiger partial charge in [-0.05, 0) is 88.6 Å². The van der Waals surface area contributed by atoms with Crippen molar-refractivity contribution in [2.75, 3.05) is 28.0 Å². The maximum Gasteiger partial charge on any atom is 0.262 e. The van der Waals surface area contributed by atoms with Gasteiger partial charge in [0.1, 0.15) is 5.82 Å². The minimum Gasteiger partial charge on any atom is -0.357 e. The van der Waals surface area contributed by atoms with E-state index >= 15 is 0 Å². The van der Waals surface area contributed by atoms with Crippen LogP contribution >= 0.6 is 0 Å². The third-order valence-corrected chi connectivity index (χ3v) is 6.93. The lowest BCUT2D eigenvalue weighted by atomic mass is 10.1. The lowest BCUT2D eigenvalue weighted by Crippen LogP contribution is -2.23. The van der Waals surface area contributed by atoms with Crippen LogP contribution < -0.4 is 14.9 Å². The Bertz CT molecular complexity index is 1200. The highest BCUT2D eigenvalue weighted by atomic mass is 32.2. The Balaban J connectivity index is 1.78. The fraction of sp³-hybridized carbons (Fsp3) is 0.333. The molecule has 1 aromatic heterocycles. The second-order valence-electron chi connectivity index (χ2n) is 7.87. The van der Waals surface area contributed by atoms with E-state index in [1.807, 2.05) is 39.8 Å². The van der Waals surface area contributed by atoms with Gasteiger partial charge in [0.05, 0.1) is 4.90 Å². The van der Waals surface area contributed by atoms with E-state index in [-0.39, 0.29) is 0 Å². The lowest BCUT2D eigenvalue weighted by molar-refractivity contribution is 0.600. The first-order chi connectivity index (χ1) is 15.1. The quantitative estimate of drug-likeness (QED) is 0.493. The zero-order valence-corrected chi connectivity index (χ0v) is 20.3. The summed E-state index contributed by atoms with van der Waals surface area (Å²) in [7, 11) is -3.68. The second kappa shape index (κ2) is 9.56. The molecule has 0 bridgehead atoms. The summed E-state index contributed by atoms with van der Waals surface area (Å²) in [5.74, 6) is 1.38. The molecule has 0 atom stereocenters. The number of benzene rings is 2. The molecule has 0 unspecified atom stereocenters. The fourth-order valence-electron chi connectivity index (χ4n) is 3.50. The van der Waals surface area contributed by atoms with Crippen LogP contribution in [0.3, 0.4) is 0 Å². The normalized spacial score (nSPS) is 11.3. The molecule has 0 aliphatic heterocycles. The third-order valence-electron chi connectivity index (χ3n) is 5.40. The van der Waals surface area contributed by atoms with Crippen molar-refractivity contribution in [1.82, 2.24) is 9.97 Å². The van der Waals surface area contributed by atoms with E-state index in [4.69, 9.17) is 0 Å². The first kappa shape index (κ1) is 23.5. The maximum absolute atomic E-state index is 12.9. The summed E-state index contributed by atoms with van der Waals surface area (Å²) in [6.45, 7) is 13.5. The number of aryl methyl sites for hydroxylation is 4. The van der Waals surface area contributed by atoms with Gasteiger partial charge in [-0.1, -0.05) is 6.07 Å². The van der Waals surface area contributed by atoms with Crippen molar-refractivity contribution < 1.29 is 8.42 Å². The van der Waals surface area contributed by atoms with E-state index in [1.165, 1.54) is 0 Å². The van der Waals surface area contributed by atoms with Crippen LogP contribution in [0.15, 0.2) is 47.4 Å². The average molecular weight is 454 g/mol. The zero-order chi connectivity index (χ0) is 23.5. The predicted molar refractivity (Wildman–Crippen MR) is 132 cm³/mol. The molecule has 0 radical (unpaired) electrons. The van der Waals surface area contributed by atoms with Gasteiger partial charge in [-0.2, -0.15) is 4.98 Å². The molecule has 0 amide bonds. The van der Waals surface area contributed by atoms with Crippen LogP contribution in [0.5, 0.6) is 0 Å². The van der Waals surface area contributed by atoms with E-state index in [9.17, 15) is 8.42 Å². The Hall–Kier alpha value is -3.13. The zero-order valence-electron chi connectivity index (χ0n) is 19.5. The van der Waals surface area contributed by atoms with E-state index in [2.05, 4.69) is 38.8 Å². The Morgan fingerprint density at radius 1 is 0.812 bits per heavy atom. The molecular formula is C24H31N5O2S. The number of hydrogen-bond donors (Lipinski definition) is 2. The topological polar surface area (TPSA) is 87.2 Å². The van der Waals surface area contributed by atoms with E-state index < -0.39 is 10.0 Å². The van der Waals surface area contributed by atoms with Crippen molar-refractivity contribution in [3.05, 3.63) is 64.8 Å². The number of nitrogens with zero attached hydrogens (tertiary/aromatic N) is 3. The molecule has 0 saturated heterocycles. The van der Waals surface area contributed by atoms with E-state index in [0.29, 0.717) is 16.5 Å². The number of sulfonamides is 1. The van der Waals surface area contributed by atoms with Gasteiger partial charge in [-0.15, -0.1) is 0 Å². The second-order valence-corrected chi connectivity index (χ2v) is 9.52. The Morgan fingerprint density at radius 2 is 1.41 bits per heavy atom. The molecular weight excluding hydrogens is 422 g/mol. The first-order valence-electron chi connectivity index (χ1n) is 10.7. The highest BCUT2D eigenvalue weighted by molar-refractivity contribution is 7.92. The number of aromatic nitrogens is 2. The first-order valence-corrected chi connectivity index (χ1v) is 12.2. The molecule has 7 nitrogen and oxygen atoms in total. The fourth-order valence-corrected chi connectivity index (χ4v) is 4.87. The standard InChI is InChI=1S/C24H31N5O2S/c1-7-29(8-2)23-15-19(6)25-24(27-23)26-20-9-11-21(12-10-20)28-32(30,31)22-14-17(4)16(3)13-18(22)5/h9-15,28H,7-8H2,1-6H3,(H,25,26,27). The van der Waals surface area contributed by atoms with Gasteiger partial charge in [0.15, 0.2) is 0 Å². The predicted octanol–water partition coefficient (Wildman–Crippen LogP) is 5.10. The van der Waals surface area contributed by atoms with Crippen molar-refractivity contribution in [2.45, 2.75) is 46.4 Å². The number of rotatable bonds is 8. The summed E-state index contributed by atoms with van der Waals surface area (Å²) in [5.41, 5.74) is 4.86. The smallest absolute Gasteiger partial charge is 0.262 e. The van der Waals surface area contributed by atoms with Crippen LogP contribution in [0.25, 0.3) is 0 Å².